The lowest BCUT2D eigenvalue weighted by atomic mass is 10.1. The monoisotopic (exact) mass is 316 g/mol. The second kappa shape index (κ2) is 5.04. The van der Waals surface area contributed by atoms with Crippen molar-refractivity contribution in [3.63, 3.8) is 0 Å². The summed E-state index contributed by atoms with van der Waals surface area (Å²) in [5, 5.41) is 0.743. The molecule has 0 saturated carbocycles. The maximum Gasteiger partial charge on any atom is 0.125 e. The standard InChI is InChI=1S/C17H14Cl2N2/c18-10-16-20-15-7-3-6-14(19)17(15)21(16)13-8-11-4-1-2-5-12(11)9-13/h1-7,13H,8-10H2. The van der Waals surface area contributed by atoms with Crippen molar-refractivity contribution in [3.8, 4) is 0 Å². The van der Waals surface area contributed by atoms with Gasteiger partial charge >= 0.3 is 0 Å². The summed E-state index contributed by atoms with van der Waals surface area (Å²) in [6, 6.07) is 14.8. The minimum absolute atomic E-state index is 0.348. The van der Waals surface area contributed by atoms with Gasteiger partial charge in [-0.3, -0.25) is 0 Å². The van der Waals surface area contributed by atoms with Crippen LogP contribution in [0.2, 0.25) is 5.02 Å². The Bertz CT molecular complexity index is 798. The number of alkyl halides is 1. The second-order valence-electron chi connectivity index (χ2n) is 5.47. The van der Waals surface area contributed by atoms with Crippen molar-refractivity contribution in [1.82, 2.24) is 9.55 Å². The first-order chi connectivity index (χ1) is 10.3. The molecular formula is C17H14Cl2N2. The molecule has 1 heterocycles. The maximum absolute atomic E-state index is 6.42. The van der Waals surface area contributed by atoms with Crippen molar-refractivity contribution in [2.24, 2.45) is 0 Å². The van der Waals surface area contributed by atoms with E-state index in [2.05, 4.69) is 33.8 Å². The normalized spacial score (nSPS) is 14.8. The van der Waals surface area contributed by atoms with E-state index >= 15 is 0 Å². The number of nitrogens with zero attached hydrogens (tertiary/aromatic N) is 2. The lowest BCUT2D eigenvalue weighted by Gasteiger charge is -2.16. The molecule has 0 bridgehead atoms. The number of hydrogen-bond donors (Lipinski definition) is 0. The molecule has 0 unspecified atom stereocenters. The number of para-hydroxylation sites is 1. The Labute approximate surface area is 133 Å². The highest BCUT2D eigenvalue weighted by Gasteiger charge is 2.26. The lowest BCUT2D eigenvalue weighted by Crippen LogP contribution is -2.12. The molecule has 1 aliphatic rings. The molecule has 2 aromatic carbocycles. The molecule has 106 valence electrons. The van der Waals surface area contributed by atoms with Crippen molar-refractivity contribution < 1.29 is 0 Å². The van der Waals surface area contributed by atoms with Gasteiger partial charge in [0.2, 0.25) is 0 Å². The minimum Gasteiger partial charge on any atom is -0.322 e. The molecule has 3 aromatic rings. The zero-order chi connectivity index (χ0) is 14.4. The number of rotatable bonds is 2. The topological polar surface area (TPSA) is 17.8 Å². The summed E-state index contributed by atoms with van der Waals surface area (Å²) in [5.41, 5.74) is 4.76. The predicted octanol–water partition coefficient (Wildman–Crippen LogP) is 4.77. The number of hydrogen-bond acceptors (Lipinski definition) is 1. The second-order valence-corrected chi connectivity index (χ2v) is 6.14. The fraction of sp³-hybridized carbons (Fsp3) is 0.235. The highest BCUT2D eigenvalue weighted by Crippen LogP contribution is 2.36. The third kappa shape index (κ3) is 2.05. The van der Waals surface area contributed by atoms with Gasteiger partial charge in [0.25, 0.3) is 0 Å². The zero-order valence-corrected chi connectivity index (χ0v) is 12.9. The van der Waals surface area contributed by atoms with E-state index in [1.807, 2.05) is 18.2 Å². The number of halogens is 2. The van der Waals surface area contributed by atoms with Gasteiger partial charge in [-0.2, -0.15) is 0 Å². The summed E-state index contributed by atoms with van der Waals surface area (Å²) in [4.78, 5) is 4.65. The Morgan fingerprint density at radius 2 is 1.76 bits per heavy atom. The van der Waals surface area contributed by atoms with Gasteiger partial charge in [0.1, 0.15) is 5.82 Å². The van der Waals surface area contributed by atoms with E-state index in [0.29, 0.717) is 11.9 Å². The van der Waals surface area contributed by atoms with Crippen LogP contribution in [0, 0.1) is 0 Å². The van der Waals surface area contributed by atoms with Crippen LogP contribution in [0.15, 0.2) is 42.5 Å². The van der Waals surface area contributed by atoms with Gasteiger partial charge in [-0.05, 0) is 36.1 Å². The van der Waals surface area contributed by atoms with E-state index in [1.165, 1.54) is 11.1 Å². The van der Waals surface area contributed by atoms with Crippen molar-refractivity contribution in [2.75, 3.05) is 0 Å². The Balaban J connectivity index is 1.88. The Kier molecular flexibility index (Phi) is 3.16. The minimum atomic E-state index is 0.348. The van der Waals surface area contributed by atoms with Crippen LogP contribution < -0.4 is 0 Å². The summed E-state index contributed by atoms with van der Waals surface area (Å²) in [6.45, 7) is 0. The molecule has 1 aliphatic carbocycles. The van der Waals surface area contributed by atoms with E-state index in [9.17, 15) is 0 Å². The number of fused-ring (bicyclic) bond motifs is 2. The van der Waals surface area contributed by atoms with E-state index in [-0.39, 0.29) is 0 Å². The van der Waals surface area contributed by atoms with Crippen LogP contribution in [-0.4, -0.2) is 9.55 Å². The van der Waals surface area contributed by atoms with Crippen LogP contribution in [0.1, 0.15) is 23.0 Å². The summed E-state index contributed by atoms with van der Waals surface area (Å²) in [6.07, 6.45) is 2.02. The lowest BCUT2D eigenvalue weighted by molar-refractivity contribution is 0.528. The van der Waals surface area contributed by atoms with Crippen molar-refractivity contribution in [3.05, 3.63) is 64.4 Å². The van der Waals surface area contributed by atoms with E-state index < -0.39 is 0 Å². The van der Waals surface area contributed by atoms with Gasteiger partial charge in [0, 0.05) is 6.04 Å². The molecule has 4 heteroatoms. The fourth-order valence-electron chi connectivity index (χ4n) is 3.36. The average molecular weight is 317 g/mol. The Morgan fingerprint density at radius 3 is 2.43 bits per heavy atom. The molecule has 0 aliphatic heterocycles. The molecule has 0 saturated heterocycles. The first-order valence-corrected chi connectivity index (χ1v) is 7.97. The average Bonchev–Trinajstić information content (AvgIpc) is 3.08. The van der Waals surface area contributed by atoms with Gasteiger partial charge in [-0.15, -0.1) is 11.6 Å². The largest absolute Gasteiger partial charge is 0.322 e. The molecule has 0 fully saturated rings. The van der Waals surface area contributed by atoms with Crippen molar-refractivity contribution in [1.29, 1.82) is 0 Å². The molecule has 2 nitrogen and oxygen atoms in total. The van der Waals surface area contributed by atoms with Gasteiger partial charge in [0.05, 0.1) is 21.9 Å². The first-order valence-electron chi connectivity index (χ1n) is 7.06. The van der Waals surface area contributed by atoms with Gasteiger partial charge < -0.3 is 4.57 Å². The predicted molar refractivity (Wildman–Crippen MR) is 87.2 cm³/mol. The van der Waals surface area contributed by atoms with Gasteiger partial charge in [0.15, 0.2) is 0 Å². The molecule has 0 radical (unpaired) electrons. The SMILES string of the molecule is ClCc1nc2cccc(Cl)c2n1C1Cc2ccccc2C1. The van der Waals surface area contributed by atoms with Crippen LogP contribution in [0.25, 0.3) is 11.0 Å². The third-order valence-corrected chi connectivity index (χ3v) is 4.79. The van der Waals surface area contributed by atoms with E-state index in [4.69, 9.17) is 23.2 Å². The molecule has 0 atom stereocenters. The third-order valence-electron chi connectivity index (χ3n) is 4.25. The first kappa shape index (κ1) is 13.2. The molecule has 1 aromatic heterocycles. The van der Waals surface area contributed by atoms with Crippen LogP contribution in [0.3, 0.4) is 0 Å². The van der Waals surface area contributed by atoms with Gasteiger partial charge in [-0.25, -0.2) is 4.98 Å². The van der Waals surface area contributed by atoms with Gasteiger partial charge in [-0.1, -0.05) is 41.9 Å². The Hall–Kier alpha value is -1.51. The summed E-state index contributed by atoms with van der Waals surface area (Å²) in [7, 11) is 0. The quantitative estimate of drug-likeness (QED) is 0.623. The highest BCUT2D eigenvalue weighted by molar-refractivity contribution is 6.35. The summed E-state index contributed by atoms with van der Waals surface area (Å²) < 4.78 is 2.24. The smallest absolute Gasteiger partial charge is 0.125 e. The van der Waals surface area contributed by atoms with Crippen molar-refractivity contribution in [2.45, 2.75) is 24.8 Å². The van der Waals surface area contributed by atoms with E-state index in [1.54, 1.807) is 0 Å². The molecule has 0 spiro atoms. The summed E-state index contributed by atoms with van der Waals surface area (Å²) in [5.74, 6) is 1.30. The van der Waals surface area contributed by atoms with Crippen LogP contribution in [-0.2, 0) is 18.7 Å². The molecule has 4 rings (SSSR count). The maximum atomic E-state index is 6.42. The van der Waals surface area contributed by atoms with Crippen LogP contribution in [0.5, 0.6) is 0 Å². The van der Waals surface area contributed by atoms with Crippen LogP contribution >= 0.6 is 23.2 Å². The van der Waals surface area contributed by atoms with Crippen LogP contribution in [0.4, 0.5) is 0 Å². The molecular weight excluding hydrogens is 303 g/mol. The molecule has 21 heavy (non-hydrogen) atoms. The number of imidazole rings is 1. The Morgan fingerprint density at radius 1 is 1.05 bits per heavy atom. The highest BCUT2D eigenvalue weighted by atomic mass is 35.5. The number of aromatic nitrogens is 2. The zero-order valence-electron chi connectivity index (χ0n) is 11.4. The van der Waals surface area contributed by atoms with Crippen molar-refractivity contribution >= 4 is 34.2 Å². The molecule has 0 N–H and O–H groups in total. The number of benzene rings is 2. The van der Waals surface area contributed by atoms with E-state index in [0.717, 1.165) is 34.7 Å². The fourth-order valence-corrected chi connectivity index (χ4v) is 3.81. The molecule has 0 amide bonds. The summed E-state index contributed by atoms with van der Waals surface area (Å²) >= 11 is 12.5.